The number of hydrogen-bond donors (Lipinski definition) is 2. The fourth-order valence-electron chi connectivity index (χ4n) is 0.224. The monoisotopic (exact) mass is 170 g/mol. The molecule has 2 N–H and O–H groups in total. The van der Waals surface area contributed by atoms with Crippen LogP contribution in [0.5, 0.6) is 0 Å². The maximum Gasteiger partial charge on any atom is 0.100 e. The molecule has 0 heterocycles. The largest absolute Gasteiger partial charge is 1.00 e. The number of aliphatic hydroxyl groups excluding tert-OH is 1. The van der Waals surface area contributed by atoms with Crippen molar-refractivity contribution in [1.29, 1.82) is 0 Å². The summed E-state index contributed by atoms with van der Waals surface area (Å²) in [7, 11) is 4.02. The molecule has 0 saturated heterocycles. The number of aliphatic hydroxyl groups is 1. The second kappa shape index (κ2) is 6.44. The van der Waals surface area contributed by atoms with E-state index in [1.54, 1.807) is 0 Å². The van der Waals surface area contributed by atoms with Gasteiger partial charge in [0.05, 0.1) is 20.7 Å². The summed E-state index contributed by atoms with van der Waals surface area (Å²) in [6, 6.07) is 0. The molecule has 3 heteroatoms. The van der Waals surface area contributed by atoms with E-state index in [1.165, 1.54) is 4.90 Å². The Morgan fingerprint density at radius 2 is 1.86 bits per heavy atom. The Bertz CT molecular complexity index is 32.9. The third-order valence-electron chi connectivity index (χ3n) is 0.612. The fraction of sp³-hybridized carbons (Fsp3) is 1.00. The summed E-state index contributed by atoms with van der Waals surface area (Å²) in [5.41, 5.74) is 0. The number of nitrogens with one attached hydrogen (secondary N) is 1. The second-order valence-electron chi connectivity index (χ2n) is 1.68. The zero-order chi connectivity index (χ0) is 4.99. The number of likely N-dealkylation sites (N-methyl/N-ethyl adjacent to an activating group) is 1. The molecule has 0 rings (SSSR count). The minimum Gasteiger partial charge on any atom is -1.00 e. The van der Waals surface area contributed by atoms with Gasteiger partial charge in [-0.3, -0.25) is 0 Å². The van der Waals surface area contributed by atoms with Crippen molar-refractivity contribution in [1.82, 2.24) is 0 Å². The smallest absolute Gasteiger partial charge is 0.100 e. The second-order valence-corrected chi connectivity index (χ2v) is 1.68. The fourth-order valence-corrected chi connectivity index (χ4v) is 0.224. The van der Waals surface area contributed by atoms with Gasteiger partial charge >= 0.3 is 0 Å². The van der Waals surface area contributed by atoms with Crippen molar-refractivity contribution in [3.63, 3.8) is 0 Å². The van der Waals surface area contributed by atoms with E-state index in [4.69, 9.17) is 5.11 Å². The van der Waals surface area contributed by atoms with Gasteiger partial charge in [-0.15, -0.1) is 0 Å². The summed E-state index contributed by atoms with van der Waals surface area (Å²) in [6.07, 6.45) is 0. The molecule has 0 aromatic carbocycles. The Morgan fingerprint density at radius 1 is 1.43 bits per heavy atom. The van der Waals surface area contributed by atoms with Gasteiger partial charge in [0, 0.05) is 0 Å². The van der Waals surface area contributed by atoms with Crippen LogP contribution in [-0.2, 0) is 0 Å². The van der Waals surface area contributed by atoms with Gasteiger partial charge in [-0.2, -0.15) is 0 Å². The van der Waals surface area contributed by atoms with Crippen LogP contribution in [0.4, 0.5) is 0 Å². The van der Waals surface area contributed by atoms with Crippen LogP contribution in [0.1, 0.15) is 0 Å². The van der Waals surface area contributed by atoms with Gasteiger partial charge in [0.1, 0.15) is 6.54 Å². The van der Waals surface area contributed by atoms with Gasteiger partial charge in [0.15, 0.2) is 0 Å². The molecule has 7 heavy (non-hydrogen) atoms. The molecule has 0 unspecified atom stereocenters. The average molecular weight is 169 g/mol. The van der Waals surface area contributed by atoms with Crippen molar-refractivity contribution in [2.45, 2.75) is 0 Å². The van der Waals surface area contributed by atoms with E-state index in [-0.39, 0.29) is 17.1 Å². The van der Waals surface area contributed by atoms with Crippen LogP contribution in [0.15, 0.2) is 0 Å². The van der Waals surface area contributed by atoms with E-state index >= 15 is 0 Å². The van der Waals surface area contributed by atoms with Gasteiger partial charge < -0.3 is 27.1 Å². The van der Waals surface area contributed by atoms with Crippen molar-refractivity contribution in [2.24, 2.45) is 0 Å². The molecule has 0 spiro atoms. The molecule has 2 nitrogen and oxygen atoms in total. The summed E-state index contributed by atoms with van der Waals surface area (Å²) >= 11 is 0. The van der Waals surface area contributed by atoms with E-state index < -0.39 is 0 Å². The third-order valence-corrected chi connectivity index (χ3v) is 0.612. The standard InChI is InChI=1S/C4H11NO.Se/c1-5(2)3-4-6;/h6H,3-4H2,1-2H3;/q;-1/p+1. The van der Waals surface area contributed by atoms with E-state index in [0.717, 1.165) is 6.54 Å². The molecule has 0 saturated carbocycles. The first-order chi connectivity index (χ1) is 2.77. The van der Waals surface area contributed by atoms with Crippen LogP contribution >= 0.6 is 0 Å². The molecule has 0 bridgehead atoms. The molecular formula is C4H12NOSe. The summed E-state index contributed by atoms with van der Waals surface area (Å²) in [5.74, 6) is 0. The Hall–Kier alpha value is 0.439. The summed E-state index contributed by atoms with van der Waals surface area (Å²) in [6.45, 7) is 1.14. The van der Waals surface area contributed by atoms with E-state index in [0.29, 0.717) is 6.61 Å². The van der Waals surface area contributed by atoms with Crippen molar-refractivity contribution in [3.05, 3.63) is 0 Å². The molecule has 0 aliphatic carbocycles. The molecular weight excluding hydrogens is 157 g/mol. The minimum absolute atomic E-state index is 0. The molecule has 0 aliphatic rings. The van der Waals surface area contributed by atoms with Gasteiger partial charge in [-0.1, -0.05) is 0 Å². The Kier molecular flexibility index (Phi) is 9.59. The maximum absolute atomic E-state index is 8.22. The molecule has 1 radical (unpaired) electrons. The van der Waals surface area contributed by atoms with Crippen LogP contribution in [-0.4, -0.2) is 49.4 Å². The van der Waals surface area contributed by atoms with Crippen LogP contribution < -0.4 is 4.90 Å². The summed E-state index contributed by atoms with van der Waals surface area (Å²) in [5, 5.41) is 8.22. The minimum atomic E-state index is 0. The van der Waals surface area contributed by atoms with Gasteiger partial charge in [-0.25, -0.2) is 0 Å². The third kappa shape index (κ3) is 10.7. The van der Waals surface area contributed by atoms with Gasteiger partial charge in [0.25, 0.3) is 0 Å². The maximum atomic E-state index is 8.22. The number of quaternary nitrogens is 1. The summed E-state index contributed by atoms with van der Waals surface area (Å²) < 4.78 is 0. The van der Waals surface area contributed by atoms with Crippen LogP contribution in [0.2, 0.25) is 0 Å². The molecule has 0 aromatic rings. The van der Waals surface area contributed by atoms with Crippen LogP contribution in [0, 0.1) is 0 Å². The van der Waals surface area contributed by atoms with Crippen molar-refractivity contribution < 1.29 is 10.0 Å². The normalized spacial score (nSPS) is 8.57. The van der Waals surface area contributed by atoms with Crippen molar-refractivity contribution in [3.8, 4) is 0 Å². The molecule has 0 atom stereocenters. The number of hydrogen-bond acceptors (Lipinski definition) is 1. The van der Waals surface area contributed by atoms with Crippen LogP contribution in [0.3, 0.4) is 0 Å². The first-order valence-corrected chi connectivity index (χ1v) is 2.17. The Labute approximate surface area is 55.0 Å². The van der Waals surface area contributed by atoms with Crippen LogP contribution in [0.25, 0.3) is 0 Å². The van der Waals surface area contributed by atoms with Crippen molar-refractivity contribution >= 4 is 17.1 Å². The van der Waals surface area contributed by atoms with Gasteiger partial charge in [0.2, 0.25) is 0 Å². The quantitative estimate of drug-likeness (QED) is 0.448. The Morgan fingerprint density at radius 3 is 1.86 bits per heavy atom. The predicted molar refractivity (Wildman–Crippen MR) is 30.5 cm³/mol. The molecule has 45 valence electrons. The van der Waals surface area contributed by atoms with E-state index in [1.807, 2.05) is 14.1 Å². The number of rotatable bonds is 2. The molecule has 0 amide bonds. The SMILES string of the molecule is C[NH+](C)CCO.[Se-]. The predicted octanol–water partition coefficient (Wildman–Crippen LogP) is -2.26. The molecule has 0 aromatic heterocycles. The average Bonchev–Trinajstić information content (AvgIpc) is 1.35. The zero-order valence-corrected chi connectivity index (χ0v) is 6.48. The molecule has 0 aliphatic heterocycles. The summed E-state index contributed by atoms with van der Waals surface area (Å²) in [4.78, 5) is 1.29. The zero-order valence-electron chi connectivity index (χ0n) is 4.77. The topological polar surface area (TPSA) is 24.7 Å². The molecule has 0 fully saturated rings. The Balaban J connectivity index is 0. The first kappa shape index (κ1) is 10.4. The first-order valence-electron chi connectivity index (χ1n) is 2.17. The van der Waals surface area contributed by atoms with E-state index in [9.17, 15) is 0 Å². The van der Waals surface area contributed by atoms with Gasteiger partial charge in [-0.05, 0) is 0 Å². The van der Waals surface area contributed by atoms with E-state index in [2.05, 4.69) is 0 Å². The van der Waals surface area contributed by atoms with Crippen molar-refractivity contribution in [2.75, 3.05) is 27.2 Å².